The number of piperazine rings is 1. The van der Waals surface area contributed by atoms with Crippen molar-refractivity contribution in [3.63, 3.8) is 0 Å². The number of nitrogen functional groups attached to an aromatic ring is 1. The molecular weight excluding hydrogens is 450 g/mol. The Kier molecular flexibility index (Phi) is 6.87. The second-order valence-electron chi connectivity index (χ2n) is 9.98. The third-order valence-corrected chi connectivity index (χ3v) is 7.24. The van der Waals surface area contributed by atoms with Gasteiger partial charge in [-0.2, -0.15) is 9.97 Å². The Morgan fingerprint density at radius 1 is 1.00 bits per heavy atom. The van der Waals surface area contributed by atoms with Crippen LogP contribution < -0.4 is 15.5 Å². The molecule has 5 rings (SSSR count). The van der Waals surface area contributed by atoms with Gasteiger partial charge in [0.15, 0.2) is 5.78 Å². The fourth-order valence-corrected chi connectivity index (χ4v) is 5.10. The van der Waals surface area contributed by atoms with Crippen molar-refractivity contribution in [1.29, 1.82) is 0 Å². The second-order valence-corrected chi connectivity index (χ2v) is 9.98. The Bertz CT molecular complexity index is 1250. The zero-order chi connectivity index (χ0) is 25.2. The predicted octanol–water partition coefficient (Wildman–Crippen LogP) is 3.81. The summed E-state index contributed by atoms with van der Waals surface area (Å²) < 4.78 is 0. The molecule has 8 nitrogen and oxygen atoms in total. The molecule has 1 unspecified atom stereocenters. The number of Topliss-reactive ketones (excluding diaryl/α,β-unsaturated/α-hetero) is 1. The summed E-state index contributed by atoms with van der Waals surface area (Å²) >= 11 is 0. The number of carbonyl (C=O) groups is 1. The van der Waals surface area contributed by atoms with E-state index in [-0.39, 0.29) is 11.8 Å². The molecule has 4 heterocycles. The van der Waals surface area contributed by atoms with E-state index in [9.17, 15) is 4.79 Å². The van der Waals surface area contributed by atoms with Crippen molar-refractivity contribution in [1.82, 2.24) is 19.9 Å². The molecule has 36 heavy (non-hydrogen) atoms. The molecule has 0 bridgehead atoms. The highest BCUT2D eigenvalue weighted by Gasteiger charge is 2.26. The molecule has 188 valence electrons. The Morgan fingerprint density at radius 3 is 2.56 bits per heavy atom. The first kappa shape index (κ1) is 24.2. The molecule has 3 aromatic rings. The van der Waals surface area contributed by atoms with E-state index in [1.807, 2.05) is 19.1 Å². The number of hydrogen-bond acceptors (Lipinski definition) is 8. The quantitative estimate of drug-likeness (QED) is 0.527. The molecule has 2 N–H and O–H groups in total. The van der Waals surface area contributed by atoms with Crippen LogP contribution >= 0.6 is 0 Å². The van der Waals surface area contributed by atoms with Crippen LogP contribution in [0.1, 0.15) is 48.3 Å². The lowest BCUT2D eigenvalue weighted by Gasteiger charge is -2.37. The molecule has 1 aromatic carbocycles. The summed E-state index contributed by atoms with van der Waals surface area (Å²) in [6.45, 7) is 8.86. The number of nitrogens with zero attached hydrogens (tertiary/aromatic N) is 6. The number of likely N-dealkylation sites (N-methyl/N-ethyl adjacent to an activating group) is 1. The second kappa shape index (κ2) is 10.2. The van der Waals surface area contributed by atoms with Crippen LogP contribution in [0.3, 0.4) is 0 Å². The standard InChI is InChI=1S/C28H35N7O/c1-4-6-25(36)24-8-5-7-23(30-24)21-10-9-20-15-19(2)35(18-22(20)16-21)27-17-26(31-28(29)32-27)34-13-11-33(3)12-14-34/h5,7-10,16-17,19H,4,6,11-15,18H2,1-3H3,(H2,29,31,32). The molecule has 2 aliphatic rings. The molecule has 0 saturated carbocycles. The summed E-state index contributed by atoms with van der Waals surface area (Å²) in [5.41, 5.74) is 11.1. The minimum Gasteiger partial charge on any atom is -0.368 e. The van der Waals surface area contributed by atoms with Crippen molar-refractivity contribution in [2.45, 2.75) is 45.7 Å². The maximum Gasteiger partial charge on any atom is 0.223 e. The summed E-state index contributed by atoms with van der Waals surface area (Å²) in [6, 6.07) is 14.6. The van der Waals surface area contributed by atoms with Crippen LogP contribution in [-0.2, 0) is 13.0 Å². The average molecular weight is 486 g/mol. The normalized spacial score (nSPS) is 18.2. The molecule has 0 aliphatic carbocycles. The van der Waals surface area contributed by atoms with Crippen molar-refractivity contribution in [3.05, 3.63) is 59.3 Å². The van der Waals surface area contributed by atoms with Gasteiger partial charge < -0.3 is 20.4 Å². The van der Waals surface area contributed by atoms with Gasteiger partial charge in [0, 0.05) is 56.8 Å². The van der Waals surface area contributed by atoms with Crippen LogP contribution in [-0.4, -0.2) is 64.9 Å². The highest BCUT2D eigenvalue weighted by molar-refractivity contribution is 5.94. The van der Waals surface area contributed by atoms with Crippen LogP contribution in [0.5, 0.6) is 0 Å². The van der Waals surface area contributed by atoms with Gasteiger partial charge in [-0.1, -0.05) is 25.1 Å². The van der Waals surface area contributed by atoms with Crippen molar-refractivity contribution in [2.24, 2.45) is 0 Å². The van der Waals surface area contributed by atoms with E-state index in [2.05, 4.69) is 67.9 Å². The third-order valence-electron chi connectivity index (χ3n) is 7.24. The summed E-state index contributed by atoms with van der Waals surface area (Å²) in [7, 11) is 2.15. The van der Waals surface area contributed by atoms with Gasteiger partial charge in [-0.05, 0) is 56.1 Å². The molecule has 8 heteroatoms. The van der Waals surface area contributed by atoms with E-state index in [4.69, 9.17) is 5.73 Å². The number of benzene rings is 1. The third kappa shape index (κ3) is 5.04. The molecule has 0 radical (unpaired) electrons. The van der Waals surface area contributed by atoms with Gasteiger partial charge in [0.2, 0.25) is 5.95 Å². The lowest BCUT2D eigenvalue weighted by atomic mass is 9.92. The van der Waals surface area contributed by atoms with Crippen molar-refractivity contribution < 1.29 is 4.79 Å². The summed E-state index contributed by atoms with van der Waals surface area (Å²) in [6.07, 6.45) is 2.26. The fourth-order valence-electron chi connectivity index (χ4n) is 5.10. The van der Waals surface area contributed by atoms with Crippen molar-refractivity contribution >= 4 is 23.4 Å². The Hall–Kier alpha value is -3.52. The molecule has 1 atom stereocenters. The summed E-state index contributed by atoms with van der Waals surface area (Å²) in [5.74, 6) is 2.17. The number of hydrogen-bond donors (Lipinski definition) is 1. The molecule has 1 fully saturated rings. The number of carbonyl (C=O) groups excluding carboxylic acids is 1. The van der Waals surface area contributed by atoms with Gasteiger partial charge in [0.05, 0.1) is 5.69 Å². The topological polar surface area (TPSA) is 91.5 Å². The average Bonchev–Trinajstić information content (AvgIpc) is 2.88. The Balaban J connectivity index is 1.42. The van der Waals surface area contributed by atoms with E-state index < -0.39 is 0 Å². The first-order valence-corrected chi connectivity index (χ1v) is 12.9. The smallest absolute Gasteiger partial charge is 0.223 e. The number of ketones is 1. The van der Waals surface area contributed by atoms with Gasteiger partial charge in [-0.3, -0.25) is 4.79 Å². The number of rotatable bonds is 6. The lowest BCUT2D eigenvalue weighted by molar-refractivity contribution is 0.0977. The van der Waals surface area contributed by atoms with Gasteiger partial charge in [-0.15, -0.1) is 0 Å². The maximum atomic E-state index is 12.4. The summed E-state index contributed by atoms with van der Waals surface area (Å²) in [5, 5.41) is 0. The Morgan fingerprint density at radius 2 is 1.78 bits per heavy atom. The number of anilines is 3. The highest BCUT2D eigenvalue weighted by atomic mass is 16.1. The van der Waals surface area contributed by atoms with Crippen LogP contribution in [0, 0.1) is 0 Å². The predicted molar refractivity (Wildman–Crippen MR) is 144 cm³/mol. The van der Waals surface area contributed by atoms with Gasteiger partial charge in [0.1, 0.15) is 17.3 Å². The molecule has 1 saturated heterocycles. The van der Waals surface area contributed by atoms with E-state index in [1.165, 1.54) is 11.1 Å². The number of nitrogens with two attached hydrogens (primary N) is 1. The van der Waals surface area contributed by atoms with E-state index in [0.717, 1.165) is 68.5 Å². The van der Waals surface area contributed by atoms with E-state index in [0.29, 0.717) is 18.1 Å². The van der Waals surface area contributed by atoms with Gasteiger partial charge in [0.25, 0.3) is 0 Å². The van der Waals surface area contributed by atoms with E-state index >= 15 is 0 Å². The van der Waals surface area contributed by atoms with Crippen molar-refractivity contribution in [3.8, 4) is 11.3 Å². The van der Waals surface area contributed by atoms with Crippen LogP contribution in [0.25, 0.3) is 11.3 Å². The number of aromatic nitrogens is 3. The number of pyridine rings is 1. The van der Waals surface area contributed by atoms with Crippen LogP contribution in [0.2, 0.25) is 0 Å². The van der Waals surface area contributed by atoms with Crippen LogP contribution in [0.15, 0.2) is 42.5 Å². The summed E-state index contributed by atoms with van der Waals surface area (Å²) in [4.78, 5) is 33.2. The minimum atomic E-state index is 0.0924. The van der Waals surface area contributed by atoms with Crippen molar-refractivity contribution in [2.75, 3.05) is 48.8 Å². The maximum absolute atomic E-state index is 12.4. The first-order chi connectivity index (χ1) is 17.4. The first-order valence-electron chi connectivity index (χ1n) is 12.9. The van der Waals surface area contributed by atoms with Gasteiger partial charge >= 0.3 is 0 Å². The van der Waals surface area contributed by atoms with Crippen LogP contribution in [0.4, 0.5) is 17.6 Å². The largest absolute Gasteiger partial charge is 0.368 e. The zero-order valence-corrected chi connectivity index (χ0v) is 21.4. The number of fused-ring (bicyclic) bond motifs is 1. The monoisotopic (exact) mass is 485 g/mol. The fraction of sp³-hybridized carbons (Fsp3) is 0.429. The molecule has 0 amide bonds. The highest BCUT2D eigenvalue weighted by Crippen LogP contribution is 2.32. The molecule has 2 aromatic heterocycles. The zero-order valence-electron chi connectivity index (χ0n) is 21.4. The molecule has 0 spiro atoms. The SMILES string of the molecule is CCCC(=O)c1cccc(-c2ccc3c(c2)CN(c2cc(N4CCN(C)CC4)nc(N)n2)C(C)C3)n1. The molecule has 2 aliphatic heterocycles. The van der Waals surface area contributed by atoms with E-state index in [1.54, 1.807) is 6.07 Å². The van der Waals surface area contributed by atoms with Gasteiger partial charge in [-0.25, -0.2) is 4.98 Å². The Labute approximate surface area is 213 Å². The minimum absolute atomic E-state index is 0.0924. The molecular formula is C28H35N7O. The lowest BCUT2D eigenvalue weighted by Crippen LogP contribution is -2.45.